The summed E-state index contributed by atoms with van der Waals surface area (Å²) in [4.78, 5) is 21.1. The van der Waals surface area contributed by atoms with Crippen LogP contribution in [0.1, 0.15) is 56.7 Å². The second-order valence-corrected chi connectivity index (χ2v) is 7.70. The van der Waals surface area contributed by atoms with Gasteiger partial charge in [-0.3, -0.25) is 14.5 Å². The molecule has 2 heterocycles. The molecule has 2 aliphatic carbocycles. The molecule has 0 spiro atoms. The van der Waals surface area contributed by atoms with Crippen LogP contribution >= 0.6 is 0 Å². The van der Waals surface area contributed by atoms with E-state index in [-0.39, 0.29) is 35.9 Å². The average Bonchev–Trinajstić information content (AvgIpc) is 3.44. The zero-order valence-corrected chi connectivity index (χ0v) is 17.7. The maximum absolute atomic E-state index is 13.8. The van der Waals surface area contributed by atoms with Gasteiger partial charge in [-0.05, 0) is 38.7 Å². The van der Waals surface area contributed by atoms with Gasteiger partial charge in [0.1, 0.15) is 0 Å². The van der Waals surface area contributed by atoms with Gasteiger partial charge in [0.15, 0.2) is 12.3 Å². The Bertz CT molecular complexity index is 1100. The Morgan fingerprint density at radius 3 is 2.84 bits per heavy atom. The maximum atomic E-state index is 13.8. The molecule has 7 nitrogen and oxygen atoms in total. The highest BCUT2D eigenvalue weighted by molar-refractivity contribution is 5.84. The fraction of sp³-hybridized carbons (Fsp3) is 0.455. The van der Waals surface area contributed by atoms with Crippen molar-refractivity contribution in [2.45, 2.75) is 51.5 Å². The number of halogens is 2. The van der Waals surface area contributed by atoms with Crippen LogP contribution in [-0.4, -0.2) is 39.5 Å². The number of nitrogens with zero attached hydrogens (tertiary/aromatic N) is 4. The third kappa shape index (κ3) is 4.22. The molecule has 1 saturated carbocycles. The van der Waals surface area contributed by atoms with Crippen LogP contribution in [0.3, 0.4) is 0 Å². The molecule has 1 fully saturated rings. The van der Waals surface area contributed by atoms with Crippen LogP contribution in [-0.2, 0) is 11.8 Å². The van der Waals surface area contributed by atoms with Gasteiger partial charge < -0.3 is 10.1 Å². The van der Waals surface area contributed by atoms with Crippen molar-refractivity contribution in [1.82, 2.24) is 20.1 Å². The molecule has 164 valence electrons. The summed E-state index contributed by atoms with van der Waals surface area (Å²) in [5.74, 6) is -0.165. The van der Waals surface area contributed by atoms with Crippen molar-refractivity contribution >= 4 is 23.2 Å². The third-order valence-corrected chi connectivity index (χ3v) is 5.51. The Morgan fingerprint density at radius 1 is 1.42 bits per heavy atom. The summed E-state index contributed by atoms with van der Waals surface area (Å²) in [6.07, 6.45) is 5.43. The maximum Gasteiger partial charge on any atom is 0.264 e. The van der Waals surface area contributed by atoms with Gasteiger partial charge in [0, 0.05) is 30.8 Å². The molecule has 2 aromatic heterocycles. The smallest absolute Gasteiger partial charge is 0.264 e. The van der Waals surface area contributed by atoms with Gasteiger partial charge in [0.25, 0.3) is 12.3 Å². The molecule has 1 unspecified atom stereocenters. The molecule has 1 atom stereocenters. The Labute approximate surface area is 178 Å². The molecular formula is C22H25F2N5O2. The number of pyridine rings is 1. The molecule has 1 N–H and O–H groups in total. The number of allylic oxidation sites excluding steroid dienone is 1. The number of nitrogens with one attached hydrogen (secondary N) is 1. The number of aliphatic imine (C=N–C) groups is 1. The second kappa shape index (κ2) is 8.56. The number of aromatic nitrogens is 3. The molecule has 0 bridgehead atoms. The summed E-state index contributed by atoms with van der Waals surface area (Å²) < 4.78 is 34.6. The fourth-order valence-corrected chi connectivity index (χ4v) is 3.95. The van der Waals surface area contributed by atoms with Crippen LogP contribution < -0.4 is 10.1 Å². The lowest BCUT2D eigenvalue weighted by Crippen LogP contribution is -2.37. The van der Waals surface area contributed by atoms with Crippen LogP contribution in [0.15, 0.2) is 34.5 Å². The van der Waals surface area contributed by atoms with Crippen molar-refractivity contribution < 1.29 is 18.3 Å². The molecule has 4 rings (SSSR count). The van der Waals surface area contributed by atoms with Gasteiger partial charge in [-0.15, -0.1) is 0 Å². The van der Waals surface area contributed by atoms with Crippen molar-refractivity contribution in [3.8, 4) is 5.88 Å². The molecule has 0 aliphatic heterocycles. The number of hydrogen-bond donors (Lipinski definition) is 1. The van der Waals surface area contributed by atoms with Crippen LogP contribution in [0, 0.1) is 0 Å². The summed E-state index contributed by atoms with van der Waals surface area (Å²) in [7, 11) is 1.68. The van der Waals surface area contributed by atoms with E-state index in [1.807, 2.05) is 26.0 Å². The Hall–Kier alpha value is -3.10. The molecule has 0 radical (unpaired) electrons. The fourth-order valence-electron chi connectivity index (χ4n) is 3.95. The average molecular weight is 429 g/mol. The lowest BCUT2D eigenvalue weighted by atomic mass is 10.1. The summed E-state index contributed by atoms with van der Waals surface area (Å²) in [6, 6.07) is 1.03. The number of aryl methyl sites for hydroxylation is 1. The first-order valence-electron chi connectivity index (χ1n) is 10.4. The normalized spacial score (nSPS) is 20.3. The van der Waals surface area contributed by atoms with E-state index >= 15 is 0 Å². The first-order valence-corrected chi connectivity index (χ1v) is 10.4. The van der Waals surface area contributed by atoms with E-state index in [9.17, 15) is 13.6 Å². The van der Waals surface area contributed by atoms with E-state index in [4.69, 9.17) is 4.74 Å². The Balaban J connectivity index is 1.48. The number of carbonyl (C=O) groups is 1. The SMILES string of the molecule is CC=NC1=CCC(NC(=O)COc2cc(C(F)F)c3c(C4CC4)nn(C)c3n2)/C1=C/C. The molecule has 9 heteroatoms. The number of carbonyl (C=O) groups excluding carboxylic acids is 1. The first kappa shape index (κ1) is 21.1. The predicted molar refractivity (Wildman–Crippen MR) is 113 cm³/mol. The number of amides is 1. The van der Waals surface area contributed by atoms with Gasteiger partial charge in [-0.2, -0.15) is 10.1 Å². The van der Waals surface area contributed by atoms with E-state index < -0.39 is 6.43 Å². The molecule has 2 aliphatic rings. The summed E-state index contributed by atoms with van der Waals surface area (Å²) in [5.41, 5.74) is 2.63. The second-order valence-electron chi connectivity index (χ2n) is 7.70. The number of alkyl halides is 2. The van der Waals surface area contributed by atoms with E-state index in [0.29, 0.717) is 23.1 Å². The zero-order valence-electron chi connectivity index (χ0n) is 17.7. The highest BCUT2D eigenvalue weighted by atomic mass is 19.3. The first-order chi connectivity index (χ1) is 14.9. The van der Waals surface area contributed by atoms with Crippen molar-refractivity contribution in [2.24, 2.45) is 12.0 Å². The van der Waals surface area contributed by atoms with Gasteiger partial charge >= 0.3 is 0 Å². The number of hydrogen-bond acceptors (Lipinski definition) is 5. The number of rotatable bonds is 7. The standard InChI is InChI=1S/C22H25F2N5O2/c1-4-13-15(25-5-2)8-9-16(13)26-17(30)11-31-18-10-14(21(23)24)19-20(12-6-7-12)28-29(3)22(19)27-18/h4-5,8,10,12,16,21H,6-7,9,11H2,1-3H3,(H,26,30)/b13-4+,25-5?. The summed E-state index contributed by atoms with van der Waals surface area (Å²) in [6.45, 7) is 3.40. The van der Waals surface area contributed by atoms with Crippen LogP contribution in [0.25, 0.3) is 11.0 Å². The monoisotopic (exact) mass is 429 g/mol. The summed E-state index contributed by atoms with van der Waals surface area (Å²) >= 11 is 0. The minimum atomic E-state index is -2.69. The molecule has 1 amide bonds. The zero-order chi connectivity index (χ0) is 22.1. The minimum absolute atomic E-state index is 0.0182. The van der Waals surface area contributed by atoms with E-state index in [1.54, 1.807) is 13.3 Å². The Morgan fingerprint density at radius 2 is 2.19 bits per heavy atom. The van der Waals surface area contributed by atoms with Crippen LogP contribution in [0.5, 0.6) is 5.88 Å². The largest absolute Gasteiger partial charge is 0.467 e. The lowest BCUT2D eigenvalue weighted by molar-refractivity contribution is -0.123. The topological polar surface area (TPSA) is 81.4 Å². The highest BCUT2D eigenvalue weighted by Crippen LogP contribution is 2.44. The van der Waals surface area contributed by atoms with Gasteiger partial charge in [-0.25, -0.2) is 8.78 Å². The summed E-state index contributed by atoms with van der Waals surface area (Å²) in [5, 5.41) is 7.70. The highest BCUT2D eigenvalue weighted by Gasteiger charge is 2.32. The number of ether oxygens (including phenoxy) is 1. The van der Waals surface area contributed by atoms with Crippen LogP contribution in [0.4, 0.5) is 8.78 Å². The van der Waals surface area contributed by atoms with Gasteiger partial charge in [0.2, 0.25) is 5.88 Å². The molecule has 0 saturated heterocycles. The van der Waals surface area contributed by atoms with Crippen LogP contribution in [0.2, 0.25) is 0 Å². The molecule has 2 aromatic rings. The molecule has 0 aromatic carbocycles. The predicted octanol–water partition coefficient (Wildman–Crippen LogP) is 3.97. The lowest BCUT2D eigenvalue weighted by Gasteiger charge is -2.16. The van der Waals surface area contributed by atoms with Crippen molar-refractivity contribution in [3.63, 3.8) is 0 Å². The number of fused-ring (bicyclic) bond motifs is 1. The van der Waals surface area contributed by atoms with E-state index in [1.165, 1.54) is 10.7 Å². The third-order valence-electron chi connectivity index (χ3n) is 5.51. The van der Waals surface area contributed by atoms with E-state index in [2.05, 4.69) is 20.4 Å². The molecule has 31 heavy (non-hydrogen) atoms. The quantitative estimate of drug-likeness (QED) is 0.676. The van der Waals surface area contributed by atoms with Crippen molar-refractivity contribution in [3.05, 3.63) is 40.7 Å². The van der Waals surface area contributed by atoms with E-state index in [0.717, 1.165) is 24.1 Å². The Kier molecular flexibility index (Phi) is 5.84. The van der Waals surface area contributed by atoms with Gasteiger partial charge in [0.05, 0.1) is 22.8 Å². The minimum Gasteiger partial charge on any atom is -0.467 e. The van der Waals surface area contributed by atoms with Crippen molar-refractivity contribution in [2.75, 3.05) is 6.61 Å². The van der Waals surface area contributed by atoms with Crippen molar-refractivity contribution in [1.29, 1.82) is 0 Å². The molecular weight excluding hydrogens is 404 g/mol. The van der Waals surface area contributed by atoms with Gasteiger partial charge in [-0.1, -0.05) is 12.2 Å².